The third kappa shape index (κ3) is 3.98. The molecule has 1 aliphatic heterocycles. The summed E-state index contributed by atoms with van der Waals surface area (Å²) in [4.78, 5) is 18.1. The number of carbonyl (C=O) groups is 1. The van der Waals surface area contributed by atoms with Gasteiger partial charge in [-0.1, -0.05) is 0 Å². The summed E-state index contributed by atoms with van der Waals surface area (Å²) in [5.41, 5.74) is 1.93. The summed E-state index contributed by atoms with van der Waals surface area (Å²) in [6, 6.07) is 11.9. The number of likely N-dealkylation sites (tertiary alicyclic amines) is 1. The third-order valence-corrected chi connectivity index (χ3v) is 5.53. The minimum Gasteiger partial charge on any atom is -0.489 e. The largest absolute Gasteiger partial charge is 0.489 e. The minimum atomic E-state index is -0.249. The molecule has 1 aromatic carbocycles. The lowest BCUT2D eigenvalue weighted by Gasteiger charge is -2.31. The predicted octanol–water partition coefficient (Wildman–Crippen LogP) is 3.00. The molecule has 0 radical (unpaired) electrons. The van der Waals surface area contributed by atoms with E-state index in [0.717, 1.165) is 41.0 Å². The van der Waals surface area contributed by atoms with Crippen LogP contribution in [0.25, 0.3) is 22.4 Å². The first-order valence-electron chi connectivity index (χ1n) is 10.6. The van der Waals surface area contributed by atoms with Crippen LogP contribution in [-0.2, 0) is 4.74 Å². The predicted molar refractivity (Wildman–Crippen MR) is 116 cm³/mol. The molecule has 1 saturated heterocycles. The molecule has 0 N–H and O–H groups in total. The van der Waals surface area contributed by atoms with Crippen LogP contribution in [0.1, 0.15) is 19.8 Å². The van der Waals surface area contributed by atoms with Gasteiger partial charge in [-0.05, 0) is 53.7 Å². The van der Waals surface area contributed by atoms with E-state index < -0.39 is 0 Å². The smallest absolute Gasteiger partial charge is 0.409 e. The van der Waals surface area contributed by atoms with Crippen molar-refractivity contribution in [2.24, 2.45) is 0 Å². The number of tetrazole rings is 1. The zero-order valence-corrected chi connectivity index (χ0v) is 17.7. The standard InChI is InChI=1S/C22H23N7O3/c1-2-31-22(30)27-10-8-18(9-11-27)32-19-4-6-21(23-14-19)28-12-7-16-13-17(3-5-20(16)28)29-15-24-25-26-29/h3-7,12-15,18H,2,8-11H2,1H3. The number of aromatic nitrogens is 6. The number of hydrogen-bond donors (Lipinski definition) is 0. The molecule has 0 saturated carbocycles. The number of rotatable bonds is 5. The van der Waals surface area contributed by atoms with Crippen molar-refractivity contribution in [2.45, 2.75) is 25.9 Å². The summed E-state index contributed by atoms with van der Waals surface area (Å²) < 4.78 is 14.8. The average molecular weight is 433 g/mol. The van der Waals surface area contributed by atoms with Crippen LogP contribution in [0.3, 0.4) is 0 Å². The van der Waals surface area contributed by atoms with Gasteiger partial charge in [-0.3, -0.25) is 0 Å². The van der Waals surface area contributed by atoms with Crippen molar-refractivity contribution in [2.75, 3.05) is 19.7 Å². The maximum atomic E-state index is 11.8. The number of carbonyl (C=O) groups excluding carboxylic acids is 1. The number of hydrogen-bond acceptors (Lipinski definition) is 7. The molecule has 4 heterocycles. The Morgan fingerprint density at radius 3 is 2.75 bits per heavy atom. The molecule has 0 spiro atoms. The van der Waals surface area contributed by atoms with Gasteiger partial charge in [0.25, 0.3) is 0 Å². The summed E-state index contributed by atoms with van der Waals surface area (Å²) >= 11 is 0. The van der Waals surface area contributed by atoms with Gasteiger partial charge in [0.1, 0.15) is 24.0 Å². The lowest BCUT2D eigenvalue weighted by atomic mass is 10.1. The lowest BCUT2D eigenvalue weighted by Crippen LogP contribution is -2.42. The highest BCUT2D eigenvalue weighted by Gasteiger charge is 2.24. The summed E-state index contributed by atoms with van der Waals surface area (Å²) in [6.07, 6.45) is 6.65. The second-order valence-electron chi connectivity index (χ2n) is 7.54. The maximum Gasteiger partial charge on any atom is 0.409 e. The van der Waals surface area contributed by atoms with E-state index in [-0.39, 0.29) is 12.2 Å². The Morgan fingerprint density at radius 2 is 2.03 bits per heavy atom. The Hall–Kier alpha value is -3.95. The van der Waals surface area contributed by atoms with Crippen molar-refractivity contribution < 1.29 is 14.3 Å². The van der Waals surface area contributed by atoms with E-state index >= 15 is 0 Å². The van der Waals surface area contributed by atoms with E-state index in [1.807, 2.05) is 54.1 Å². The van der Waals surface area contributed by atoms with Crippen LogP contribution >= 0.6 is 0 Å². The second kappa shape index (κ2) is 8.66. The Kier molecular flexibility index (Phi) is 5.40. The van der Waals surface area contributed by atoms with Crippen molar-refractivity contribution in [3.05, 3.63) is 55.1 Å². The van der Waals surface area contributed by atoms with Gasteiger partial charge in [0.05, 0.1) is 24.0 Å². The first kappa shape index (κ1) is 20.0. The molecule has 1 aliphatic rings. The van der Waals surface area contributed by atoms with Gasteiger partial charge in [-0.2, -0.15) is 0 Å². The monoisotopic (exact) mass is 433 g/mol. The number of nitrogens with zero attached hydrogens (tertiary/aromatic N) is 7. The van der Waals surface area contributed by atoms with Gasteiger partial charge in [0.15, 0.2) is 0 Å². The van der Waals surface area contributed by atoms with E-state index in [9.17, 15) is 4.79 Å². The van der Waals surface area contributed by atoms with E-state index in [2.05, 4.69) is 20.5 Å². The SMILES string of the molecule is CCOC(=O)N1CCC(Oc2ccc(-n3ccc4cc(-n5cnnn5)ccc43)nc2)CC1. The Balaban J connectivity index is 1.25. The van der Waals surface area contributed by atoms with Gasteiger partial charge >= 0.3 is 6.09 Å². The zero-order valence-electron chi connectivity index (χ0n) is 17.7. The molecule has 4 aromatic rings. The number of piperidine rings is 1. The maximum absolute atomic E-state index is 11.8. The third-order valence-electron chi connectivity index (χ3n) is 5.53. The van der Waals surface area contributed by atoms with Gasteiger partial charge in [0.2, 0.25) is 0 Å². The first-order valence-corrected chi connectivity index (χ1v) is 10.6. The molecule has 1 fully saturated rings. The quantitative estimate of drug-likeness (QED) is 0.477. The van der Waals surface area contributed by atoms with Crippen molar-refractivity contribution in [1.29, 1.82) is 0 Å². The topological polar surface area (TPSA) is 100 Å². The van der Waals surface area contributed by atoms with Crippen LogP contribution in [0.4, 0.5) is 4.79 Å². The molecule has 0 atom stereocenters. The fraction of sp³-hybridized carbons (Fsp3) is 0.318. The molecule has 0 bridgehead atoms. The van der Waals surface area contributed by atoms with Crippen LogP contribution in [0, 0.1) is 0 Å². The minimum absolute atomic E-state index is 0.0606. The Morgan fingerprint density at radius 1 is 1.16 bits per heavy atom. The Labute approximate surface area is 184 Å². The summed E-state index contributed by atoms with van der Waals surface area (Å²) in [6.45, 7) is 3.48. The number of benzene rings is 1. The van der Waals surface area contributed by atoms with Crippen LogP contribution in [0.5, 0.6) is 5.75 Å². The fourth-order valence-corrected chi connectivity index (χ4v) is 3.90. The fourth-order valence-electron chi connectivity index (χ4n) is 3.90. The highest BCUT2D eigenvalue weighted by Crippen LogP contribution is 2.24. The summed E-state index contributed by atoms with van der Waals surface area (Å²) in [7, 11) is 0. The number of ether oxygens (including phenoxy) is 2. The molecule has 1 amide bonds. The molecule has 0 aliphatic carbocycles. The highest BCUT2D eigenvalue weighted by atomic mass is 16.6. The van der Waals surface area contributed by atoms with Crippen molar-refractivity contribution in [3.8, 4) is 17.3 Å². The Bertz CT molecular complexity index is 1200. The average Bonchev–Trinajstić information content (AvgIpc) is 3.50. The van der Waals surface area contributed by atoms with Crippen molar-refractivity contribution >= 4 is 17.0 Å². The molecular weight excluding hydrogens is 410 g/mol. The van der Waals surface area contributed by atoms with Crippen LogP contribution in [0.2, 0.25) is 0 Å². The molecule has 3 aromatic heterocycles. The van der Waals surface area contributed by atoms with E-state index in [1.165, 1.54) is 0 Å². The van der Waals surface area contributed by atoms with Gasteiger partial charge in [-0.25, -0.2) is 14.5 Å². The molecule has 32 heavy (non-hydrogen) atoms. The van der Waals surface area contributed by atoms with Gasteiger partial charge < -0.3 is 18.9 Å². The zero-order chi connectivity index (χ0) is 21.9. The van der Waals surface area contributed by atoms with Crippen LogP contribution in [-0.4, -0.2) is 66.6 Å². The lowest BCUT2D eigenvalue weighted by molar-refractivity contribution is 0.0702. The molecule has 10 nitrogen and oxygen atoms in total. The second-order valence-corrected chi connectivity index (χ2v) is 7.54. The molecule has 5 rings (SSSR count). The van der Waals surface area contributed by atoms with E-state index in [1.54, 1.807) is 22.1 Å². The van der Waals surface area contributed by atoms with Crippen molar-refractivity contribution in [3.63, 3.8) is 0 Å². The molecule has 10 heteroatoms. The van der Waals surface area contributed by atoms with Gasteiger partial charge in [-0.15, -0.1) is 5.10 Å². The summed E-state index contributed by atoms with van der Waals surface area (Å²) in [5, 5.41) is 12.4. The van der Waals surface area contributed by atoms with Gasteiger partial charge in [0, 0.05) is 37.5 Å². The summed E-state index contributed by atoms with van der Waals surface area (Å²) in [5.74, 6) is 1.53. The molecular formula is C22H23N7O3. The normalized spacial score (nSPS) is 14.6. The number of fused-ring (bicyclic) bond motifs is 1. The number of amides is 1. The van der Waals surface area contributed by atoms with E-state index in [0.29, 0.717) is 19.7 Å². The van der Waals surface area contributed by atoms with E-state index in [4.69, 9.17) is 9.47 Å². The highest BCUT2D eigenvalue weighted by molar-refractivity contribution is 5.83. The molecule has 0 unspecified atom stereocenters. The first-order chi connectivity index (χ1) is 15.7. The molecule has 164 valence electrons. The van der Waals surface area contributed by atoms with Crippen LogP contribution in [0.15, 0.2) is 55.1 Å². The number of pyridine rings is 1. The van der Waals surface area contributed by atoms with Crippen LogP contribution < -0.4 is 4.74 Å². The van der Waals surface area contributed by atoms with Crippen molar-refractivity contribution in [1.82, 2.24) is 34.7 Å².